The van der Waals surface area contributed by atoms with Crippen LogP contribution in [0.3, 0.4) is 0 Å². The molecule has 0 aliphatic carbocycles. The molecule has 1 aliphatic heterocycles. The van der Waals surface area contributed by atoms with Crippen molar-refractivity contribution in [3.05, 3.63) is 76.7 Å². The molecule has 29 heavy (non-hydrogen) atoms. The van der Waals surface area contributed by atoms with Crippen LogP contribution in [0, 0.1) is 26.6 Å². The Morgan fingerprint density at radius 1 is 0.931 bits per heavy atom. The van der Waals surface area contributed by atoms with Crippen LogP contribution >= 0.6 is 0 Å². The van der Waals surface area contributed by atoms with Gasteiger partial charge >= 0.3 is 0 Å². The second-order valence-electron chi connectivity index (χ2n) is 7.75. The fraction of sp³-hybridized carbons (Fsp3) is 0.292. The van der Waals surface area contributed by atoms with Crippen LogP contribution in [0.25, 0.3) is 11.3 Å². The van der Waals surface area contributed by atoms with Gasteiger partial charge in [-0.25, -0.2) is 4.39 Å². The van der Waals surface area contributed by atoms with E-state index >= 15 is 0 Å². The van der Waals surface area contributed by atoms with Gasteiger partial charge < -0.3 is 14.8 Å². The molecule has 0 radical (unpaired) electrons. The molecule has 1 aromatic heterocycles. The van der Waals surface area contributed by atoms with Crippen molar-refractivity contribution in [1.82, 2.24) is 9.88 Å². The summed E-state index contributed by atoms with van der Waals surface area (Å²) >= 11 is 0. The molecule has 4 rings (SSSR count). The minimum atomic E-state index is -0.216. The number of benzene rings is 2. The van der Waals surface area contributed by atoms with Crippen molar-refractivity contribution >= 4 is 11.6 Å². The second-order valence-corrected chi connectivity index (χ2v) is 7.75. The third-order valence-electron chi connectivity index (χ3n) is 5.82. The van der Waals surface area contributed by atoms with Gasteiger partial charge in [-0.1, -0.05) is 24.3 Å². The van der Waals surface area contributed by atoms with Gasteiger partial charge in [-0.05, 0) is 61.7 Å². The first-order chi connectivity index (χ1) is 13.9. The highest BCUT2D eigenvalue weighted by Gasteiger charge is 2.25. The van der Waals surface area contributed by atoms with Gasteiger partial charge in [-0.3, -0.25) is 4.79 Å². The minimum Gasteiger partial charge on any atom is -0.366 e. The number of rotatable bonds is 3. The van der Waals surface area contributed by atoms with Gasteiger partial charge in [0, 0.05) is 37.6 Å². The van der Waals surface area contributed by atoms with Gasteiger partial charge in [-0.2, -0.15) is 0 Å². The first-order valence-corrected chi connectivity index (χ1v) is 10.00. The molecule has 1 saturated heterocycles. The van der Waals surface area contributed by atoms with Crippen LogP contribution in [0.5, 0.6) is 0 Å². The Morgan fingerprint density at radius 2 is 1.66 bits per heavy atom. The number of halogens is 1. The summed E-state index contributed by atoms with van der Waals surface area (Å²) in [5.74, 6) is -0.186. The largest absolute Gasteiger partial charge is 0.366 e. The molecule has 0 saturated carbocycles. The molecule has 3 aromatic rings. The molecule has 2 heterocycles. The minimum absolute atomic E-state index is 0.0296. The number of H-pyrrole nitrogens is 1. The highest BCUT2D eigenvalue weighted by Crippen LogP contribution is 2.26. The van der Waals surface area contributed by atoms with E-state index in [1.807, 2.05) is 28.9 Å². The number of aromatic nitrogens is 1. The van der Waals surface area contributed by atoms with Crippen LogP contribution < -0.4 is 4.90 Å². The third kappa shape index (κ3) is 3.77. The van der Waals surface area contributed by atoms with E-state index < -0.39 is 0 Å². The summed E-state index contributed by atoms with van der Waals surface area (Å²) < 4.78 is 14.0. The van der Waals surface area contributed by atoms with E-state index in [1.54, 1.807) is 12.1 Å². The Balaban J connectivity index is 1.49. The predicted octanol–water partition coefficient (Wildman–Crippen LogP) is 4.71. The van der Waals surface area contributed by atoms with E-state index in [0.29, 0.717) is 37.4 Å². The van der Waals surface area contributed by atoms with Crippen LogP contribution in [-0.2, 0) is 0 Å². The number of aryl methyl sites for hydroxylation is 3. The molecule has 0 spiro atoms. The standard InChI is InChI=1S/C24H26FN3O/c1-16-8-9-19(14-17(16)2)22-15-20(18(3)26-22)24(29)28-12-10-27(11-13-28)23-7-5-4-6-21(23)25/h4-9,14-15,26H,10-13H2,1-3H3. The molecule has 1 amide bonds. The van der Waals surface area contributed by atoms with Gasteiger partial charge in [0.05, 0.1) is 11.3 Å². The molecule has 1 aliphatic rings. The average Bonchev–Trinajstić information content (AvgIpc) is 3.12. The molecular weight excluding hydrogens is 365 g/mol. The van der Waals surface area contributed by atoms with E-state index in [9.17, 15) is 9.18 Å². The van der Waals surface area contributed by atoms with Crippen molar-refractivity contribution in [2.75, 3.05) is 31.1 Å². The van der Waals surface area contributed by atoms with E-state index in [1.165, 1.54) is 17.2 Å². The van der Waals surface area contributed by atoms with Crippen LogP contribution in [-0.4, -0.2) is 42.0 Å². The quantitative estimate of drug-likeness (QED) is 0.702. The number of nitrogens with zero attached hydrogens (tertiary/aromatic N) is 2. The summed E-state index contributed by atoms with van der Waals surface area (Å²) in [6, 6.07) is 15.1. The van der Waals surface area contributed by atoms with Gasteiger partial charge in [0.15, 0.2) is 0 Å². The summed E-state index contributed by atoms with van der Waals surface area (Å²) in [5, 5.41) is 0. The summed E-state index contributed by atoms with van der Waals surface area (Å²) in [7, 11) is 0. The number of hydrogen-bond donors (Lipinski definition) is 1. The van der Waals surface area contributed by atoms with Gasteiger partial charge in [0.2, 0.25) is 0 Å². The molecular formula is C24H26FN3O. The van der Waals surface area contributed by atoms with E-state index in [-0.39, 0.29) is 11.7 Å². The molecule has 1 N–H and O–H groups in total. The fourth-order valence-electron chi connectivity index (χ4n) is 3.87. The SMILES string of the molecule is Cc1ccc(-c2cc(C(=O)N3CCN(c4ccccc4F)CC3)c(C)[nH]2)cc1C. The van der Waals surface area contributed by atoms with Gasteiger partial charge in [0.25, 0.3) is 5.91 Å². The zero-order valence-electron chi connectivity index (χ0n) is 17.1. The summed E-state index contributed by atoms with van der Waals surface area (Å²) in [6.07, 6.45) is 0. The lowest BCUT2D eigenvalue weighted by Crippen LogP contribution is -2.49. The predicted molar refractivity (Wildman–Crippen MR) is 115 cm³/mol. The number of aromatic amines is 1. The van der Waals surface area contributed by atoms with Gasteiger partial charge in [0.1, 0.15) is 5.82 Å². The number of piperazine rings is 1. The average molecular weight is 391 g/mol. The Hall–Kier alpha value is -3.08. The number of nitrogens with one attached hydrogen (secondary N) is 1. The van der Waals surface area contributed by atoms with Crippen LogP contribution in [0.1, 0.15) is 27.2 Å². The van der Waals surface area contributed by atoms with Crippen molar-refractivity contribution < 1.29 is 9.18 Å². The Morgan fingerprint density at radius 3 is 2.34 bits per heavy atom. The Bertz CT molecular complexity index is 1050. The maximum atomic E-state index is 14.0. The van der Waals surface area contributed by atoms with Crippen molar-refractivity contribution in [3.63, 3.8) is 0 Å². The van der Waals surface area contributed by atoms with E-state index in [4.69, 9.17) is 0 Å². The highest BCUT2D eigenvalue weighted by molar-refractivity contribution is 5.97. The van der Waals surface area contributed by atoms with E-state index in [0.717, 1.165) is 17.0 Å². The number of carbonyl (C=O) groups is 1. The lowest BCUT2D eigenvalue weighted by Gasteiger charge is -2.36. The molecule has 5 heteroatoms. The van der Waals surface area contributed by atoms with Crippen molar-refractivity contribution in [2.45, 2.75) is 20.8 Å². The number of carbonyl (C=O) groups excluding carboxylic acids is 1. The van der Waals surface area contributed by atoms with Crippen molar-refractivity contribution in [2.24, 2.45) is 0 Å². The molecule has 0 unspecified atom stereocenters. The molecule has 0 atom stereocenters. The number of hydrogen-bond acceptors (Lipinski definition) is 2. The maximum absolute atomic E-state index is 14.0. The van der Waals surface area contributed by atoms with Crippen molar-refractivity contribution in [1.29, 1.82) is 0 Å². The maximum Gasteiger partial charge on any atom is 0.255 e. The summed E-state index contributed by atoms with van der Waals surface area (Å²) in [5.41, 5.74) is 6.71. The lowest BCUT2D eigenvalue weighted by molar-refractivity contribution is 0.0746. The highest BCUT2D eigenvalue weighted by atomic mass is 19.1. The van der Waals surface area contributed by atoms with Crippen LogP contribution in [0.4, 0.5) is 10.1 Å². The Labute approximate surface area is 171 Å². The monoisotopic (exact) mass is 391 g/mol. The lowest BCUT2D eigenvalue weighted by atomic mass is 10.0. The van der Waals surface area contributed by atoms with Gasteiger partial charge in [-0.15, -0.1) is 0 Å². The molecule has 150 valence electrons. The molecule has 2 aromatic carbocycles. The molecule has 1 fully saturated rings. The summed E-state index contributed by atoms with van der Waals surface area (Å²) in [6.45, 7) is 8.53. The van der Waals surface area contributed by atoms with Crippen LogP contribution in [0.15, 0.2) is 48.5 Å². The normalized spacial score (nSPS) is 14.3. The topological polar surface area (TPSA) is 39.3 Å². The Kier molecular flexibility index (Phi) is 5.14. The first-order valence-electron chi connectivity index (χ1n) is 10.00. The van der Waals surface area contributed by atoms with E-state index in [2.05, 4.69) is 37.0 Å². The second kappa shape index (κ2) is 7.74. The number of amides is 1. The zero-order valence-corrected chi connectivity index (χ0v) is 17.1. The number of para-hydroxylation sites is 1. The molecule has 0 bridgehead atoms. The first kappa shape index (κ1) is 19.2. The smallest absolute Gasteiger partial charge is 0.255 e. The zero-order chi connectivity index (χ0) is 20.5. The van der Waals surface area contributed by atoms with Crippen molar-refractivity contribution in [3.8, 4) is 11.3 Å². The number of anilines is 1. The molecule has 4 nitrogen and oxygen atoms in total. The fourth-order valence-corrected chi connectivity index (χ4v) is 3.87. The summed E-state index contributed by atoms with van der Waals surface area (Å²) in [4.78, 5) is 20.3. The third-order valence-corrected chi connectivity index (χ3v) is 5.82. The van der Waals surface area contributed by atoms with Crippen LogP contribution in [0.2, 0.25) is 0 Å².